The zero-order valence-corrected chi connectivity index (χ0v) is 4.83. The smallest absolute Gasteiger partial charge is 0.163 e. The van der Waals surface area contributed by atoms with Crippen molar-refractivity contribution in [3.8, 4) is 0 Å². The molecule has 1 rings (SSSR count). The van der Waals surface area contributed by atoms with Crippen molar-refractivity contribution in [2.75, 3.05) is 0 Å². The number of hydrazine groups is 1. The van der Waals surface area contributed by atoms with Crippen molar-refractivity contribution in [2.24, 2.45) is 10.9 Å². The van der Waals surface area contributed by atoms with E-state index in [1.165, 1.54) is 0 Å². The second kappa shape index (κ2) is 2.76. The van der Waals surface area contributed by atoms with Gasteiger partial charge < -0.3 is 11.3 Å². The van der Waals surface area contributed by atoms with Gasteiger partial charge in [-0.15, -0.1) is 0 Å². The molecule has 1 aliphatic rings. The maximum Gasteiger partial charge on any atom is 0.163 e. The first-order valence-electron chi connectivity index (χ1n) is 2.56. The Bertz CT molecular complexity index is 168. The molecule has 0 amide bonds. The summed E-state index contributed by atoms with van der Waals surface area (Å²) in [6.45, 7) is 0. The van der Waals surface area contributed by atoms with Crippen molar-refractivity contribution in [1.82, 2.24) is 10.9 Å². The zero-order valence-electron chi connectivity index (χ0n) is 4.83. The third-order valence-corrected chi connectivity index (χ3v) is 0.884. The molecule has 0 atom stereocenters. The molecule has 0 aromatic carbocycles. The molecule has 0 aromatic rings. The third kappa shape index (κ3) is 1.49. The summed E-state index contributed by atoms with van der Waals surface area (Å²) in [5.74, 6) is 5.59. The quantitative estimate of drug-likeness (QED) is 0.299. The van der Waals surface area contributed by atoms with Gasteiger partial charge in [-0.05, 0) is 12.2 Å². The fourth-order valence-electron chi connectivity index (χ4n) is 0.483. The highest BCUT2D eigenvalue weighted by Gasteiger charge is 1.88. The van der Waals surface area contributed by atoms with Gasteiger partial charge in [-0.3, -0.25) is 5.43 Å². The molecule has 0 unspecified atom stereocenters. The highest BCUT2D eigenvalue weighted by Crippen LogP contribution is 1.80. The Balaban J connectivity index is 2.62. The molecule has 4 heteroatoms. The lowest BCUT2D eigenvalue weighted by molar-refractivity contribution is 0.820. The van der Waals surface area contributed by atoms with Crippen LogP contribution >= 0.6 is 0 Å². The fraction of sp³-hybridized carbons (Fsp3) is 0. The molecular formula is C5H8N4. The lowest BCUT2D eigenvalue weighted by atomic mass is 10.5. The first-order valence-corrected chi connectivity index (χ1v) is 2.56. The lowest BCUT2D eigenvalue weighted by Gasteiger charge is -1.99. The molecular weight excluding hydrogens is 116 g/mol. The van der Waals surface area contributed by atoms with Crippen LogP contribution in [0.1, 0.15) is 0 Å². The summed E-state index contributed by atoms with van der Waals surface area (Å²) in [7, 11) is 0. The van der Waals surface area contributed by atoms with E-state index in [9.17, 15) is 0 Å². The van der Waals surface area contributed by atoms with Gasteiger partial charge in [0.1, 0.15) is 0 Å². The Morgan fingerprint density at radius 2 is 2.33 bits per heavy atom. The summed E-state index contributed by atoms with van der Waals surface area (Å²) in [6.07, 6.45) is 7.18. The van der Waals surface area contributed by atoms with E-state index in [0.29, 0.717) is 5.84 Å². The Kier molecular flexibility index (Phi) is 1.74. The summed E-state index contributed by atoms with van der Waals surface area (Å²) in [6, 6.07) is 0. The van der Waals surface area contributed by atoms with E-state index in [2.05, 4.69) is 16.0 Å². The van der Waals surface area contributed by atoms with Crippen LogP contribution in [-0.2, 0) is 0 Å². The van der Waals surface area contributed by atoms with E-state index >= 15 is 0 Å². The molecule has 0 aliphatic carbocycles. The third-order valence-electron chi connectivity index (χ3n) is 0.884. The van der Waals surface area contributed by atoms with Crippen molar-refractivity contribution >= 4 is 5.84 Å². The molecule has 1 heterocycles. The molecule has 1 aliphatic heterocycles. The van der Waals surface area contributed by atoms with Gasteiger partial charge in [-0.1, -0.05) is 6.08 Å². The average Bonchev–Trinajstić information content (AvgIpc) is 2.13. The Hall–Kier alpha value is -1.45. The first kappa shape index (κ1) is 5.68. The SMILES string of the molecule is N/N=C1\C=CC=CNN1. The van der Waals surface area contributed by atoms with Crippen molar-refractivity contribution in [3.05, 3.63) is 24.4 Å². The Labute approximate surface area is 53.1 Å². The molecule has 9 heavy (non-hydrogen) atoms. The molecule has 0 aromatic heterocycles. The van der Waals surface area contributed by atoms with Crippen molar-refractivity contribution in [2.45, 2.75) is 0 Å². The van der Waals surface area contributed by atoms with Gasteiger partial charge >= 0.3 is 0 Å². The van der Waals surface area contributed by atoms with Gasteiger partial charge in [0, 0.05) is 6.20 Å². The van der Waals surface area contributed by atoms with Gasteiger partial charge in [0.15, 0.2) is 5.84 Å². The van der Waals surface area contributed by atoms with Crippen molar-refractivity contribution in [1.29, 1.82) is 0 Å². The van der Waals surface area contributed by atoms with E-state index in [4.69, 9.17) is 5.84 Å². The summed E-state index contributed by atoms with van der Waals surface area (Å²) in [5.41, 5.74) is 5.48. The Morgan fingerprint density at radius 3 is 3.11 bits per heavy atom. The number of hydrogen-bond acceptors (Lipinski definition) is 3. The number of nitrogens with two attached hydrogens (primary N) is 1. The standard InChI is InChI=1S/C5H8N4/c6-8-5-3-1-2-4-7-9-5/h1-4,7H,6H2,(H,8,9). The monoisotopic (exact) mass is 124 g/mol. The van der Waals surface area contributed by atoms with E-state index in [1.54, 1.807) is 12.3 Å². The second-order valence-electron chi connectivity index (χ2n) is 1.50. The topological polar surface area (TPSA) is 62.4 Å². The molecule has 0 fully saturated rings. The zero-order chi connectivity index (χ0) is 6.53. The molecule has 0 radical (unpaired) electrons. The van der Waals surface area contributed by atoms with Gasteiger partial charge in [-0.25, -0.2) is 0 Å². The van der Waals surface area contributed by atoms with Crippen molar-refractivity contribution in [3.63, 3.8) is 0 Å². The van der Waals surface area contributed by atoms with E-state index in [1.807, 2.05) is 12.2 Å². The van der Waals surface area contributed by atoms with Gasteiger partial charge in [0.05, 0.1) is 0 Å². The van der Waals surface area contributed by atoms with E-state index < -0.39 is 0 Å². The second-order valence-corrected chi connectivity index (χ2v) is 1.50. The average molecular weight is 124 g/mol. The van der Waals surface area contributed by atoms with Crippen LogP contribution in [0.15, 0.2) is 29.5 Å². The van der Waals surface area contributed by atoms with Gasteiger partial charge in [0.25, 0.3) is 0 Å². The van der Waals surface area contributed by atoms with Crippen LogP contribution in [0.2, 0.25) is 0 Å². The molecule has 4 N–H and O–H groups in total. The summed E-state index contributed by atoms with van der Waals surface area (Å²) < 4.78 is 0. The minimum atomic E-state index is 0.611. The highest BCUT2D eigenvalue weighted by molar-refractivity contribution is 5.92. The van der Waals surface area contributed by atoms with E-state index in [0.717, 1.165) is 0 Å². The molecule has 0 bridgehead atoms. The number of nitrogens with zero attached hydrogens (tertiary/aromatic N) is 1. The molecule has 0 spiro atoms. The predicted octanol–water partition coefficient (Wildman–Crippen LogP) is -0.564. The van der Waals surface area contributed by atoms with Crippen LogP contribution in [-0.4, -0.2) is 5.84 Å². The first-order chi connectivity index (χ1) is 4.43. The fourth-order valence-corrected chi connectivity index (χ4v) is 0.483. The van der Waals surface area contributed by atoms with Crippen LogP contribution < -0.4 is 16.7 Å². The van der Waals surface area contributed by atoms with Crippen LogP contribution in [0.3, 0.4) is 0 Å². The molecule has 0 saturated heterocycles. The number of hydrazone groups is 1. The predicted molar refractivity (Wildman–Crippen MR) is 36.2 cm³/mol. The van der Waals surface area contributed by atoms with Crippen LogP contribution in [0.4, 0.5) is 0 Å². The van der Waals surface area contributed by atoms with Gasteiger partial charge in [-0.2, -0.15) is 5.10 Å². The number of nitrogens with one attached hydrogen (secondary N) is 2. The maximum absolute atomic E-state index is 4.98. The normalized spacial score (nSPS) is 20.7. The van der Waals surface area contributed by atoms with Crippen LogP contribution in [0, 0.1) is 0 Å². The minimum Gasteiger partial charge on any atom is -0.321 e. The van der Waals surface area contributed by atoms with Crippen LogP contribution in [0.25, 0.3) is 0 Å². The summed E-state index contributed by atoms with van der Waals surface area (Å²) in [5, 5.41) is 3.42. The van der Waals surface area contributed by atoms with Gasteiger partial charge in [0.2, 0.25) is 0 Å². The molecule has 48 valence electrons. The molecule has 0 saturated carbocycles. The number of rotatable bonds is 0. The lowest BCUT2D eigenvalue weighted by Crippen LogP contribution is -2.32. The van der Waals surface area contributed by atoms with E-state index in [-0.39, 0.29) is 0 Å². The number of hydrogen-bond donors (Lipinski definition) is 3. The Morgan fingerprint density at radius 1 is 1.44 bits per heavy atom. The minimum absolute atomic E-state index is 0.611. The van der Waals surface area contributed by atoms with Crippen LogP contribution in [0.5, 0.6) is 0 Å². The molecule has 4 nitrogen and oxygen atoms in total. The maximum atomic E-state index is 4.98. The van der Waals surface area contributed by atoms with Crippen molar-refractivity contribution < 1.29 is 0 Å². The number of allylic oxidation sites excluding steroid dienone is 2. The highest BCUT2D eigenvalue weighted by atomic mass is 15.4. The largest absolute Gasteiger partial charge is 0.321 e. The summed E-state index contributed by atoms with van der Waals surface area (Å²) in [4.78, 5) is 0. The number of amidine groups is 1. The summed E-state index contributed by atoms with van der Waals surface area (Å²) >= 11 is 0.